The van der Waals surface area contributed by atoms with E-state index in [1.54, 1.807) is 29.0 Å². The number of carbonyl (C=O) groups is 1. The fourth-order valence-electron chi connectivity index (χ4n) is 2.59. The number of fused-ring (bicyclic) bond motifs is 1. The molecule has 5 heteroatoms. The number of nitrogens with two attached hydrogens (primary N) is 1. The Morgan fingerprint density at radius 1 is 1.19 bits per heavy atom. The van der Waals surface area contributed by atoms with Crippen molar-refractivity contribution < 1.29 is 9.18 Å². The monoisotopic (exact) mass is 285 g/mol. The number of carbonyl (C=O) groups excluding carboxylic acids is 1. The lowest BCUT2D eigenvalue weighted by Gasteiger charge is -2.35. The first-order chi connectivity index (χ1) is 10.1. The summed E-state index contributed by atoms with van der Waals surface area (Å²) in [5.74, 6) is -0.462. The highest BCUT2D eigenvalue weighted by Gasteiger charge is 2.28. The Morgan fingerprint density at radius 3 is 2.76 bits per heavy atom. The van der Waals surface area contributed by atoms with E-state index < -0.39 is 5.82 Å². The molecule has 2 aromatic carbocycles. The van der Waals surface area contributed by atoms with E-state index >= 15 is 0 Å². The van der Waals surface area contributed by atoms with Gasteiger partial charge in [-0.3, -0.25) is 4.90 Å². The van der Waals surface area contributed by atoms with Crippen molar-refractivity contribution in [3.05, 3.63) is 59.4 Å². The minimum Gasteiger partial charge on any atom is -0.396 e. The molecule has 3 rings (SSSR count). The van der Waals surface area contributed by atoms with Gasteiger partial charge >= 0.3 is 6.03 Å². The molecule has 0 bridgehead atoms. The minimum absolute atomic E-state index is 0.0959. The van der Waals surface area contributed by atoms with E-state index in [1.807, 2.05) is 24.3 Å². The van der Waals surface area contributed by atoms with Gasteiger partial charge in [0.15, 0.2) is 5.82 Å². The van der Waals surface area contributed by atoms with E-state index in [-0.39, 0.29) is 18.3 Å². The third kappa shape index (κ3) is 2.31. The molecule has 2 aromatic rings. The molecule has 0 spiro atoms. The van der Waals surface area contributed by atoms with Crippen LogP contribution in [-0.2, 0) is 13.1 Å². The first-order valence-electron chi connectivity index (χ1n) is 6.71. The number of nitrogen functional groups attached to an aromatic ring is 1. The summed E-state index contributed by atoms with van der Waals surface area (Å²) in [5, 5.41) is 0. The maximum atomic E-state index is 14.1. The van der Waals surface area contributed by atoms with Gasteiger partial charge < -0.3 is 10.6 Å². The van der Waals surface area contributed by atoms with Crippen LogP contribution in [0.4, 0.5) is 20.6 Å². The first-order valence-corrected chi connectivity index (χ1v) is 6.71. The van der Waals surface area contributed by atoms with Crippen molar-refractivity contribution in [3.8, 4) is 0 Å². The van der Waals surface area contributed by atoms with Crippen LogP contribution in [0.25, 0.3) is 0 Å². The summed E-state index contributed by atoms with van der Waals surface area (Å²) in [6.07, 6.45) is 0. The molecule has 1 aliphatic heterocycles. The zero-order valence-electron chi connectivity index (χ0n) is 11.7. The Labute approximate surface area is 122 Å². The number of para-hydroxylation sites is 1. The lowest BCUT2D eigenvalue weighted by molar-refractivity contribution is 0.210. The summed E-state index contributed by atoms with van der Waals surface area (Å²) in [7, 11) is 1.74. The SMILES string of the molecule is CN1Cc2ccccc2N(Cc2cccc(N)c2F)C1=O. The molecule has 0 fully saturated rings. The summed E-state index contributed by atoms with van der Waals surface area (Å²) < 4.78 is 14.1. The highest BCUT2D eigenvalue weighted by atomic mass is 19.1. The standard InChI is InChI=1S/C16H16FN3O/c1-19-9-11-5-2-3-8-14(11)20(16(19)21)10-12-6-4-7-13(18)15(12)17/h2-8H,9-10,18H2,1H3. The van der Waals surface area contributed by atoms with E-state index in [1.165, 1.54) is 6.07 Å². The van der Waals surface area contributed by atoms with Crippen molar-refractivity contribution in [1.29, 1.82) is 0 Å². The molecule has 21 heavy (non-hydrogen) atoms. The van der Waals surface area contributed by atoms with Gasteiger partial charge in [-0.15, -0.1) is 0 Å². The van der Waals surface area contributed by atoms with Crippen molar-refractivity contribution in [2.24, 2.45) is 0 Å². The molecule has 1 heterocycles. The van der Waals surface area contributed by atoms with Crippen molar-refractivity contribution >= 4 is 17.4 Å². The van der Waals surface area contributed by atoms with E-state index in [2.05, 4.69) is 0 Å². The smallest absolute Gasteiger partial charge is 0.324 e. The van der Waals surface area contributed by atoms with E-state index in [0.717, 1.165) is 11.3 Å². The van der Waals surface area contributed by atoms with Crippen LogP contribution in [0.2, 0.25) is 0 Å². The zero-order valence-corrected chi connectivity index (χ0v) is 11.7. The number of urea groups is 1. The molecule has 0 atom stereocenters. The quantitative estimate of drug-likeness (QED) is 0.862. The van der Waals surface area contributed by atoms with E-state index in [9.17, 15) is 9.18 Å². The number of benzene rings is 2. The second kappa shape index (κ2) is 5.09. The number of halogens is 1. The number of rotatable bonds is 2. The second-order valence-corrected chi connectivity index (χ2v) is 5.17. The van der Waals surface area contributed by atoms with E-state index in [0.29, 0.717) is 12.1 Å². The van der Waals surface area contributed by atoms with Gasteiger partial charge in [0, 0.05) is 19.2 Å². The molecule has 0 saturated heterocycles. The van der Waals surface area contributed by atoms with Crippen molar-refractivity contribution in [2.45, 2.75) is 13.1 Å². The average Bonchev–Trinajstić information content (AvgIpc) is 2.48. The summed E-state index contributed by atoms with van der Waals surface area (Å²) in [4.78, 5) is 15.6. The predicted octanol–water partition coefficient (Wildman–Crippen LogP) is 2.98. The van der Waals surface area contributed by atoms with Crippen molar-refractivity contribution in [3.63, 3.8) is 0 Å². The summed E-state index contributed by atoms with van der Waals surface area (Å²) >= 11 is 0. The Bertz CT molecular complexity index is 702. The fraction of sp³-hybridized carbons (Fsp3) is 0.188. The number of nitrogens with zero attached hydrogens (tertiary/aromatic N) is 2. The molecule has 1 aliphatic rings. The van der Waals surface area contributed by atoms with Crippen molar-refractivity contribution in [1.82, 2.24) is 4.90 Å². The second-order valence-electron chi connectivity index (χ2n) is 5.17. The molecule has 0 radical (unpaired) electrons. The molecular weight excluding hydrogens is 269 g/mol. The Balaban J connectivity index is 2.01. The number of amides is 2. The van der Waals surface area contributed by atoms with Crippen LogP contribution in [0, 0.1) is 5.82 Å². The largest absolute Gasteiger partial charge is 0.396 e. The lowest BCUT2D eigenvalue weighted by Crippen LogP contribution is -2.44. The zero-order chi connectivity index (χ0) is 15.0. The number of hydrogen-bond donors (Lipinski definition) is 1. The van der Waals surface area contributed by atoms with Gasteiger partial charge in [-0.05, 0) is 17.7 Å². The maximum absolute atomic E-state index is 14.1. The lowest BCUT2D eigenvalue weighted by atomic mass is 10.1. The third-order valence-corrected chi connectivity index (χ3v) is 3.68. The van der Waals surface area contributed by atoms with E-state index in [4.69, 9.17) is 5.73 Å². The van der Waals surface area contributed by atoms with Gasteiger partial charge in [0.25, 0.3) is 0 Å². The summed E-state index contributed by atoms with van der Waals surface area (Å²) in [6, 6.07) is 12.4. The van der Waals surface area contributed by atoms with Crippen LogP contribution in [0.3, 0.4) is 0 Å². The highest BCUT2D eigenvalue weighted by Crippen LogP contribution is 2.30. The van der Waals surface area contributed by atoms with Gasteiger partial charge in [-0.25, -0.2) is 9.18 Å². The molecule has 0 unspecified atom stereocenters. The Hall–Kier alpha value is -2.56. The molecule has 0 aromatic heterocycles. The van der Waals surface area contributed by atoms with Crippen LogP contribution < -0.4 is 10.6 Å². The highest BCUT2D eigenvalue weighted by molar-refractivity contribution is 5.94. The fourth-order valence-corrected chi connectivity index (χ4v) is 2.59. The summed E-state index contributed by atoms with van der Waals surface area (Å²) in [5.41, 5.74) is 7.97. The molecule has 108 valence electrons. The van der Waals surface area contributed by atoms with Crippen molar-refractivity contribution in [2.75, 3.05) is 17.7 Å². The Morgan fingerprint density at radius 2 is 1.95 bits per heavy atom. The minimum atomic E-state index is -0.462. The molecular formula is C16H16FN3O. The maximum Gasteiger partial charge on any atom is 0.324 e. The van der Waals surface area contributed by atoms with Gasteiger partial charge in [0.1, 0.15) is 0 Å². The summed E-state index contributed by atoms with van der Waals surface area (Å²) in [6.45, 7) is 0.724. The predicted molar refractivity (Wildman–Crippen MR) is 80.3 cm³/mol. The normalized spacial score (nSPS) is 14.3. The first kappa shape index (κ1) is 13.4. The van der Waals surface area contributed by atoms with Crippen LogP contribution >= 0.6 is 0 Å². The molecule has 2 amide bonds. The van der Waals surface area contributed by atoms with Crippen LogP contribution in [0.1, 0.15) is 11.1 Å². The number of anilines is 2. The van der Waals surface area contributed by atoms with Crippen LogP contribution in [0.5, 0.6) is 0 Å². The van der Waals surface area contributed by atoms with Crippen LogP contribution in [0.15, 0.2) is 42.5 Å². The average molecular weight is 285 g/mol. The van der Waals surface area contributed by atoms with Crippen LogP contribution in [-0.4, -0.2) is 18.0 Å². The molecule has 2 N–H and O–H groups in total. The Kier molecular flexibility index (Phi) is 3.25. The topological polar surface area (TPSA) is 49.6 Å². The third-order valence-electron chi connectivity index (χ3n) is 3.68. The van der Waals surface area contributed by atoms with Gasteiger partial charge in [-0.1, -0.05) is 30.3 Å². The number of hydrogen-bond acceptors (Lipinski definition) is 2. The van der Waals surface area contributed by atoms with Gasteiger partial charge in [-0.2, -0.15) is 0 Å². The molecule has 4 nitrogen and oxygen atoms in total. The molecule has 0 aliphatic carbocycles. The van der Waals surface area contributed by atoms with Gasteiger partial charge in [0.2, 0.25) is 0 Å². The molecule has 0 saturated carbocycles. The van der Waals surface area contributed by atoms with Gasteiger partial charge in [0.05, 0.1) is 17.9 Å².